The van der Waals surface area contributed by atoms with Crippen molar-refractivity contribution >= 4 is 0 Å². The van der Waals surface area contributed by atoms with Gasteiger partial charge >= 0.3 is 0 Å². The molecule has 0 amide bonds. The summed E-state index contributed by atoms with van der Waals surface area (Å²) in [5, 5.41) is 3.45. The number of aromatic nitrogens is 2. The Bertz CT molecular complexity index is 595. The van der Waals surface area contributed by atoms with Gasteiger partial charge in [-0.25, -0.2) is 4.98 Å². The van der Waals surface area contributed by atoms with E-state index in [1.165, 1.54) is 0 Å². The van der Waals surface area contributed by atoms with Gasteiger partial charge in [0.05, 0.1) is 13.2 Å². The predicted octanol–water partition coefficient (Wildman–Crippen LogP) is 1.91. The first-order valence-electron chi connectivity index (χ1n) is 7.39. The molecule has 1 aliphatic rings. The van der Waals surface area contributed by atoms with E-state index in [2.05, 4.69) is 16.4 Å². The molecule has 0 fully saturated rings. The van der Waals surface area contributed by atoms with Crippen LogP contribution in [0.4, 0.5) is 0 Å². The molecule has 1 N–H and O–H groups in total. The summed E-state index contributed by atoms with van der Waals surface area (Å²) in [5.41, 5.74) is 1.15. The lowest BCUT2D eigenvalue weighted by molar-refractivity contribution is 0.296. The van der Waals surface area contributed by atoms with Crippen LogP contribution in [-0.4, -0.2) is 29.3 Å². The van der Waals surface area contributed by atoms with Gasteiger partial charge in [0.1, 0.15) is 5.82 Å². The summed E-state index contributed by atoms with van der Waals surface area (Å²) in [5.74, 6) is 2.84. The van der Waals surface area contributed by atoms with Crippen LogP contribution in [0.2, 0.25) is 0 Å². The van der Waals surface area contributed by atoms with Crippen LogP contribution >= 0.6 is 0 Å². The molecule has 0 saturated carbocycles. The van der Waals surface area contributed by atoms with Gasteiger partial charge in [-0.2, -0.15) is 0 Å². The van der Waals surface area contributed by atoms with Crippen molar-refractivity contribution in [3.8, 4) is 11.5 Å². The fraction of sp³-hybridized carbons (Fsp3) is 0.438. The summed E-state index contributed by atoms with van der Waals surface area (Å²) in [4.78, 5) is 4.32. The van der Waals surface area contributed by atoms with Crippen LogP contribution in [0.3, 0.4) is 0 Å². The molecule has 0 spiro atoms. The van der Waals surface area contributed by atoms with Gasteiger partial charge in [-0.3, -0.25) is 0 Å². The Morgan fingerprint density at radius 1 is 1.29 bits per heavy atom. The fourth-order valence-corrected chi connectivity index (χ4v) is 2.45. The number of nitrogens with one attached hydrogen (secondary N) is 1. The summed E-state index contributed by atoms with van der Waals surface area (Å²) in [6, 6.07) is 6.07. The Balaban J connectivity index is 1.57. The number of nitrogens with zero attached hydrogens (tertiary/aromatic N) is 2. The Hall–Kier alpha value is -2.01. The van der Waals surface area contributed by atoms with Crippen molar-refractivity contribution in [2.24, 2.45) is 7.05 Å². The van der Waals surface area contributed by atoms with Crippen molar-refractivity contribution in [1.29, 1.82) is 0 Å². The highest BCUT2D eigenvalue weighted by atomic mass is 16.5. The Morgan fingerprint density at radius 3 is 3.05 bits per heavy atom. The van der Waals surface area contributed by atoms with Crippen LogP contribution < -0.4 is 14.8 Å². The number of hydrogen-bond acceptors (Lipinski definition) is 4. The van der Waals surface area contributed by atoms with E-state index < -0.39 is 0 Å². The quantitative estimate of drug-likeness (QED) is 0.854. The maximum absolute atomic E-state index is 5.82. The molecule has 3 rings (SSSR count). The standard InChI is InChI=1S/C16H21N3O2/c1-19-9-8-18-15(19)6-7-17-12-13-4-2-5-14-16(13)21-11-3-10-20-14/h2,4-5,8-9,17H,3,6-7,10-12H2,1H3. The van der Waals surface area contributed by atoms with Crippen molar-refractivity contribution < 1.29 is 9.47 Å². The maximum Gasteiger partial charge on any atom is 0.165 e. The zero-order valence-electron chi connectivity index (χ0n) is 12.3. The Kier molecular flexibility index (Phi) is 4.40. The minimum absolute atomic E-state index is 0.720. The van der Waals surface area contributed by atoms with E-state index in [1.54, 1.807) is 0 Å². The molecule has 5 heteroatoms. The average molecular weight is 287 g/mol. The molecule has 0 unspecified atom stereocenters. The number of benzene rings is 1. The third-order valence-corrected chi connectivity index (χ3v) is 3.61. The van der Waals surface area contributed by atoms with Gasteiger partial charge in [-0.05, 0) is 6.07 Å². The second kappa shape index (κ2) is 6.63. The van der Waals surface area contributed by atoms with Crippen molar-refractivity contribution in [2.75, 3.05) is 19.8 Å². The number of rotatable bonds is 5. The van der Waals surface area contributed by atoms with Crippen molar-refractivity contribution in [1.82, 2.24) is 14.9 Å². The molecule has 2 aromatic rings. The zero-order valence-corrected chi connectivity index (χ0v) is 12.3. The molecule has 0 saturated heterocycles. The lowest BCUT2D eigenvalue weighted by atomic mass is 10.2. The molecule has 0 radical (unpaired) electrons. The SMILES string of the molecule is Cn1ccnc1CCNCc1cccc2c1OCCCO2. The number of imidazole rings is 1. The molecule has 5 nitrogen and oxygen atoms in total. The summed E-state index contributed by atoms with van der Waals surface area (Å²) in [7, 11) is 2.02. The number of fused-ring (bicyclic) bond motifs is 1. The van der Waals surface area contributed by atoms with Crippen LogP contribution in [0.15, 0.2) is 30.6 Å². The minimum atomic E-state index is 0.720. The van der Waals surface area contributed by atoms with Gasteiger partial charge in [0.2, 0.25) is 0 Å². The van der Waals surface area contributed by atoms with Crippen molar-refractivity contribution in [2.45, 2.75) is 19.4 Å². The smallest absolute Gasteiger partial charge is 0.165 e. The number of para-hydroxylation sites is 1. The molecule has 1 aliphatic heterocycles. The lowest BCUT2D eigenvalue weighted by Crippen LogP contribution is -2.18. The minimum Gasteiger partial charge on any atom is -0.490 e. The molecule has 112 valence electrons. The van der Waals surface area contributed by atoms with Gasteiger partial charge < -0.3 is 19.4 Å². The highest BCUT2D eigenvalue weighted by Gasteiger charge is 2.13. The second-order valence-corrected chi connectivity index (χ2v) is 5.18. The van der Waals surface area contributed by atoms with Gasteiger partial charge in [0.15, 0.2) is 11.5 Å². The fourth-order valence-electron chi connectivity index (χ4n) is 2.45. The van der Waals surface area contributed by atoms with Gasteiger partial charge in [-0.1, -0.05) is 12.1 Å². The normalized spacial score (nSPS) is 14.0. The summed E-state index contributed by atoms with van der Waals surface area (Å²) in [6.45, 7) is 3.10. The van der Waals surface area contributed by atoms with E-state index in [4.69, 9.17) is 9.47 Å². The van der Waals surface area contributed by atoms with Crippen LogP contribution in [0, 0.1) is 0 Å². The van der Waals surface area contributed by atoms with Crippen LogP contribution in [0.1, 0.15) is 17.8 Å². The maximum atomic E-state index is 5.82. The zero-order chi connectivity index (χ0) is 14.5. The second-order valence-electron chi connectivity index (χ2n) is 5.18. The van der Waals surface area contributed by atoms with Crippen LogP contribution in [-0.2, 0) is 20.0 Å². The Labute approximate surface area is 124 Å². The first-order chi connectivity index (χ1) is 10.3. The van der Waals surface area contributed by atoms with Gasteiger partial charge in [0, 0.05) is 50.9 Å². The predicted molar refractivity (Wildman–Crippen MR) is 80.7 cm³/mol. The summed E-state index contributed by atoms with van der Waals surface area (Å²) in [6.07, 6.45) is 5.64. The number of hydrogen-bond donors (Lipinski definition) is 1. The highest BCUT2D eigenvalue weighted by Crippen LogP contribution is 2.33. The first-order valence-corrected chi connectivity index (χ1v) is 7.39. The largest absolute Gasteiger partial charge is 0.490 e. The van der Waals surface area contributed by atoms with E-state index in [-0.39, 0.29) is 0 Å². The number of ether oxygens (including phenoxy) is 2. The van der Waals surface area contributed by atoms with E-state index in [9.17, 15) is 0 Å². The molecule has 0 aliphatic carbocycles. The van der Waals surface area contributed by atoms with E-state index >= 15 is 0 Å². The third kappa shape index (κ3) is 3.36. The molecule has 0 bridgehead atoms. The number of aryl methyl sites for hydroxylation is 1. The molecule has 2 heterocycles. The van der Waals surface area contributed by atoms with E-state index in [1.807, 2.05) is 36.1 Å². The van der Waals surface area contributed by atoms with Gasteiger partial charge in [-0.15, -0.1) is 0 Å². The third-order valence-electron chi connectivity index (χ3n) is 3.61. The molecular weight excluding hydrogens is 266 g/mol. The summed E-state index contributed by atoms with van der Waals surface area (Å²) < 4.78 is 13.6. The van der Waals surface area contributed by atoms with Crippen LogP contribution in [0.25, 0.3) is 0 Å². The van der Waals surface area contributed by atoms with E-state index in [0.717, 1.165) is 62.0 Å². The topological polar surface area (TPSA) is 48.3 Å². The monoisotopic (exact) mass is 287 g/mol. The summed E-state index contributed by atoms with van der Waals surface area (Å²) >= 11 is 0. The molecule has 0 atom stereocenters. The van der Waals surface area contributed by atoms with Crippen molar-refractivity contribution in [3.63, 3.8) is 0 Å². The van der Waals surface area contributed by atoms with Crippen LogP contribution in [0.5, 0.6) is 11.5 Å². The van der Waals surface area contributed by atoms with Gasteiger partial charge in [0.25, 0.3) is 0 Å². The molecular formula is C16H21N3O2. The lowest BCUT2D eigenvalue weighted by Gasteiger charge is -2.13. The average Bonchev–Trinajstić information content (AvgIpc) is 2.76. The van der Waals surface area contributed by atoms with Crippen molar-refractivity contribution in [3.05, 3.63) is 42.0 Å². The Morgan fingerprint density at radius 2 is 2.19 bits per heavy atom. The molecule has 1 aromatic carbocycles. The molecule has 21 heavy (non-hydrogen) atoms. The highest BCUT2D eigenvalue weighted by molar-refractivity contribution is 5.47. The molecule has 1 aromatic heterocycles. The van der Waals surface area contributed by atoms with E-state index in [0.29, 0.717) is 0 Å². The first kappa shape index (κ1) is 13.9.